The molecule has 0 aliphatic carbocycles. The lowest BCUT2D eigenvalue weighted by atomic mass is 9.86. The third-order valence-electron chi connectivity index (χ3n) is 2.23. The van der Waals surface area contributed by atoms with Crippen LogP contribution in [0.1, 0.15) is 31.9 Å². The molecule has 1 rings (SSSR count). The molecule has 0 saturated carbocycles. The lowest BCUT2D eigenvalue weighted by Crippen LogP contribution is -2.12. The molecule has 0 aliphatic rings. The summed E-state index contributed by atoms with van der Waals surface area (Å²) in [6, 6.07) is 3.99. The van der Waals surface area contributed by atoms with Gasteiger partial charge in [0.15, 0.2) is 0 Å². The summed E-state index contributed by atoms with van der Waals surface area (Å²) in [6.45, 7) is 6.83. The molecule has 0 spiro atoms. The standard InChI is InChI=1S/C11H16INO.H2O4S/c1-11(2,3)8-4-7(6-13)10(14)9(12)5-8;1-5(2,3)4/h4-5,14H,6,13H2,1-3H3;(H2,1,2,3,4). The van der Waals surface area contributed by atoms with Crippen molar-refractivity contribution in [1.82, 2.24) is 0 Å². The van der Waals surface area contributed by atoms with Crippen LogP contribution in [0.3, 0.4) is 0 Å². The maximum Gasteiger partial charge on any atom is 0.394 e. The van der Waals surface area contributed by atoms with Crippen molar-refractivity contribution in [1.29, 1.82) is 0 Å². The summed E-state index contributed by atoms with van der Waals surface area (Å²) >= 11 is 2.13. The van der Waals surface area contributed by atoms with Crippen LogP contribution in [-0.4, -0.2) is 22.6 Å². The lowest BCUT2D eigenvalue weighted by Gasteiger charge is -2.21. The molecule has 0 amide bonds. The van der Waals surface area contributed by atoms with Crippen LogP contribution < -0.4 is 5.73 Å². The first kappa shape index (κ1) is 18.6. The van der Waals surface area contributed by atoms with Crippen LogP contribution in [0, 0.1) is 3.57 Å². The van der Waals surface area contributed by atoms with E-state index in [9.17, 15) is 5.11 Å². The minimum atomic E-state index is -4.67. The van der Waals surface area contributed by atoms with Crippen LogP contribution >= 0.6 is 22.6 Å². The van der Waals surface area contributed by atoms with Gasteiger partial charge in [-0.3, -0.25) is 9.11 Å². The van der Waals surface area contributed by atoms with Gasteiger partial charge in [-0.25, -0.2) is 0 Å². The smallest absolute Gasteiger partial charge is 0.394 e. The highest BCUT2D eigenvalue weighted by atomic mass is 127. The Morgan fingerprint density at radius 3 is 2.00 bits per heavy atom. The van der Waals surface area contributed by atoms with Crippen molar-refractivity contribution >= 4 is 33.0 Å². The van der Waals surface area contributed by atoms with Gasteiger partial charge in [0.25, 0.3) is 0 Å². The summed E-state index contributed by atoms with van der Waals surface area (Å²) in [7, 11) is -4.67. The highest BCUT2D eigenvalue weighted by Crippen LogP contribution is 2.31. The summed E-state index contributed by atoms with van der Waals surface area (Å²) in [5.41, 5.74) is 7.69. The number of hydrogen-bond donors (Lipinski definition) is 4. The number of rotatable bonds is 1. The number of aromatic hydroxyl groups is 1. The van der Waals surface area contributed by atoms with Gasteiger partial charge in [-0.2, -0.15) is 8.42 Å². The molecule has 0 bridgehead atoms. The highest BCUT2D eigenvalue weighted by Gasteiger charge is 2.17. The van der Waals surface area contributed by atoms with Gasteiger partial charge in [-0.05, 0) is 39.6 Å². The van der Waals surface area contributed by atoms with E-state index < -0.39 is 10.4 Å². The molecule has 1 aromatic carbocycles. The summed E-state index contributed by atoms with van der Waals surface area (Å²) in [4.78, 5) is 0. The van der Waals surface area contributed by atoms with Gasteiger partial charge in [-0.1, -0.05) is 26.8 Å². The molecule has 0 fully saturated rings. The third-order valence-corrected chi connectivity index (χ3v) is 3.05. The number of benzene rings is 1. The van der Waals surface area contributed by atoms with E-state index in [2.05, 4.69) is 43.4 Å². The first-order chi connectivity index (χ1) is 8.36. The molecule has 19 heavy (non-hydrogen) atoms. The summed E-state index contributed by atoms with van der Waals surface area (Å²) in [6.07, 6.45) is 0. The zero-order valence-electron chi connectivity index (χ0n) is 10.9. The van der Waals surface area contributed by atoms with Gasteiger partial charge in [-0.15, -0.1) is 0 Å². The number of phenols is 1. The molecular weight excluding hydrogens is 385 g/mol. The predicted octanol–water partition coefficient (Wildman–Crippen LogP) is 2.10. The average molecular weight is 403 g/mol. The van der Waals surface area contributed by atoms with Gasteiger partial charge in [0.1, 0.15) is 5.75 Å². The SMILES string of the molecule is CC(C)(C)c1cc(I)c(O)c(CN)c1.O=S(=O)(O)O. The van der Waals surface area contributed by atoms with E-state index in [1.54, 1.807) is 0 Å². The van der Waals surface area contributed by atoms with E-state index in [1.165, 1.54) is 5.56 Å². The van der Waals surface area contributed by atoms with Crippen molar-refractivity contribution < 1.29 is 22.6 Å². The van der Waals surface area contributed by atoms with Crippen LogP contribution in [0.15, 0.2) is 12.1 Å². The van der Waals surface area contributed by atoms with Gasteiger partial charge >= 0.3 is 10.4 Å². The van der Waals surface area contributed by atoms with Crippen molar-refractivity contribution in [3.05, 3.63) is 26.8 Å². The second-order valence-corrected chi connectivity index (χ2v) is 6.93. The molecule has 0 atom stereocenters. The van der Waals surface area contributed by atoms with E-state index in [0.717, 1.165) is 9.13 Å². The van der Waals surface area contributed by atoms with Crippen LogP contribution in [0.4, 0.5) is 0 Å². The largest absolute Gasteiger partial charge is 0.507 e. The Kier molecular flexibility index (Phi) is 6.69. The second kappa shape index (κ2) is 6.84. The molecule has 0 aliphatic heterocycles. The Balaban J connectivity index is 0.000000555. The second-order valence-electron chi connectivity index (χ2n) is 4.87. The van der Waals surface area contributed by atoms with Crippen molar-refractivity contribution in [2.75, 3.05) is 0 Å². The van der Waals surface area contributed by atoms with Crippen molar-refractivity contribution in [2.45, 2.75) is 32.7 Å². The number of phenolic OH excluding ortho intramolecular Hbond substituents is 1. The van der Waals surface area contributed by atoms with Gasteiger partial charge < -0.3 is 10.8 Å². The van der Waals surface area contributed by atoms with Crippen molar-refractivity contribution in [3.63, 3.8) is 0 Å². The van der Waals surface area contributed by atoms with Crippen LogP contribution in [0.25, 0.3) is 0 Å². The maximum absolute atomic E-state index is 9.70. The molecule has 8 heteroatoms. The van der Waals surface area contributed by atoms with Gasteiger partial charge in [0, 0.05) is 12.1 Å². The molecular formula is C11H18INO5S. The van der Waals surface area contributed by atoms with Crippen molar-refractivity contribution in [2.24, 2.45) is 5.73 Å². The Morgan fingerprint density at radius 1 is 1.26 bits per heavy atom. The van der Waals surface area contributed by atoms with E-state index >= 15 is 0 Å². The number of halogens is 1. The minimum absolute atomic E-state index is 0.0948. The Labute approximate surface area is 126 Å². The molecule has 0 saturated heterocycles. The van der Waals surface area contributed by atoms with Gasteiger partial charge in [0.05, 0.1) is 3.57 Å². The molecule has 5 N–H and O–H groups in total. The quantitative estimate of drug-likeness (QED) is 0.421. The van der Waals surface area contributed by atoms with Crippen LogP contribution in [0.2, 0.25) is 0 Å². The van der Waals surface area contributed by atoms with Gasteiger partial charge in [0.2, 0.25) is 0 Å². The molecule has 0 radical (unpaired) electrons. The highest BCUT2D eigenvalue weighted by molar-refractivity contribution is 14.1. The Bertz CT molecular complexity index is 529. The predicted molar refractivity (Wildman–Crippen MR) is 81.6 cm³/mol. The molecule has 0 heterocycles. The fourth-order valence-electron chi connectivity index (χ4n) is 1.24. The Morgan fingerprint density at radius 2 is 1.68 bits per heavy atom. The zero-order chi connectivity index (χ0) is 15.4. The summed E-state index contributed by atoms with van der Waals surface area (Å²) in [5.74, 6) is 0.320. The molecule has 6 nitrogen and oxygen atoms in total. The third kappa shape index (κ3) is 7.67. The fourth-order valence-corrected chi connectivity index (χ4v) is 1.93. The average Bonchev–Trinajstić information content (AvgIpc) is 2.17. The first-order valence-electron chi connectivity index (χ1n) is 5.28. The van der Waals surface area contributed by atoms with Crippen LogP contribution in [-0.2, 0) is 22.4 Å². The van der Waals surface area contributed by atoms with E-state index in [4.69, 9.17) is 23.3 Å². The number of hydrogen-bond acceptors (Lipinski definition) is 4. The molecule has 110 valence electrons. The maximum atomic E-state index is 9.70. The monoisotopic (exact) mass is 403 g/mol. The fraction of sp³-hybridized carbons (Fsp3) is 0.455. The topological polar surface area (TPSA) is 121 Å². The van der Waals surface area contributed by atoms with Crippen LogP contribution in [0.5, 0.6) is 5.75 Å². The van der Waals surface area contributed by atoms with E-state index in [-0.39, 0.29) is 5.41 Å². The number of nitrogens with two attached hydrogens (primary N) is 1. The molecule has 0 aromatic heterocycles. The Hall–Kier alpha value is -0.420. The van der Waals surface area contributed by atoms with E-state index in [0.29, 0.717) is 12.3 Å². The summed E-state index contributed by atoms with van der Waals surface area (Å²) in [5, 5.41) is 9.70. The zero-order valence-corrected chi connectivity index (χ0v) is 13.9. The normalized spacial score (nSPS) is 11.7. The van der Waals surface area contributed by atoms with E-state index in [1.807, 2.05) is 12.1 Å². The summed E-state index contributed by atoms with van der Waals surface area (Å²) < 4.78 is 32.5. The van der Waals surface area contributed by atoms with Crippen molar-refractivity contribution in [3.8, 4) is 5.75 Å². The molecule has 1 aromatic rings. The molecule has 0 unspecified atom stereocenters. The minimum Gasteiger partial charge on any atom is -0.507 e. The lowest BCUT2D eigenvalue weighted by molar-refractivity contribution is 0.381. The first-order valence-corrected chi connectivity index (χ1v) is 7.75.